The molecule has 0 aliphatic rings. The Hall–Kier alpha value is -0.280. The van der Waals surface area contributed by atoms with Crippen LogP contribution in [0.2, 0.25) is 0 Å². The van der Waals surface area contributed by atoms with Crippen molar-refractivity contribution in [3.05, 3.63) is 0 Å². The molecule has 0 rings (SSSR count). The maximum Gasteiger partial charge on any atom is 0.0701 e. The molecule has 32 heavy (non-hydrogen) atoms. The number of unbranched alkanes of at least 4 members (excludes halogenated alkanes) is 9. The SMILES string of the molecule is CCCCCCCCCCCCOCCOCCOCCOCCOCCOCCOC. The van der Waals surface area contributed by atoms with Crippen LogP contribution in [0.15, 0.2) is 0 Å². The fraction of sp³-hybridized carbons (Fsp3) is 1.00. The molecular weight excluding hydrogens is 412 g/mol. The lowest BCUT2D eigenvalue weighted by atomic mass is 10.1. The summed E-state index contributed by atoms with van der Waals surface area (Å²) in [5.74, 6) is 0. The summed E-state index contributed by atoms with van der Waals surface area (Å²) in [4.78, 5) is 0. The minimum Gasteiger partial charge on any atom is -0.382 e. The van der Waals surface area contributed by atoms with Gasteiger partial charge in [-0.1, -0.05) is 64.7 Å². The van der Waals surface area contributed by atoms with Gasteiger partial charge in [0.05, 0.1) is 79.3 Å². The van der Waals surface area contributed by atoms with Gasteiger partial charge in [-0.3, -0.25) is 0 Å². The molecule has 0 N–H and O–H groups in total. The molecule has 0 heterocycles. The van der Waals surface area contributed by atoms with E-state index >= 15 is 0 Å². The van der Waals surface area contributed by atoms with Gasteiger partial charge in [0.2, 0.25) is 0 Å². The van der Waals surface area contributed by atoms with E-state index in [1.807, 2.05) is 0 Å². The highest BCUT2D eigenvalue weighted by Gasteiger charge is 1.95. The normalized spacial score (nSPS) is 11.4. The first-order chi connectivity index (χ1) is 15.9. The molecule has 0 spiro atoms. The second kappa shape index (κ2) is 30.7. The standard InChI is InChI=1S/C25H52O7/c1-3-4-5-6-7-8-9-10-11-12-13-27-16-17-29-20-21-31-24-25-32-23-22-30-19-18-28-15-14-26-2/h3-25H2,1-2H3. The lowest BCUT2D eigenvalue weighted by molar-refractivity contribution is -0.0191. The summed E-state index contributed by atoms with van der Waals surface area (Å²) >= 11 is 0. The van der Waals surface area contributed by atoms with Crippen molar-refractivity contribution in [1.82, 2.24) is 0 Å². The molecule has 0 fully saturated rings. The summed E-state index contributed by atoms with van der Waals surface area (Å²) in [5, 5.41) is 0. The van der Waals surface area contributed by atoms with Crippen LogP contribution in [-0.2, 0) is 33.2 Å². The second-order valence-corrected chi connectivity index (χ2v) is 7.85. The van der Waals surface area contributed by atoms with Gasteiger partial charge >= 0.3 is 0 Å². The van der Waals surface area contributed by atoms with Crippen molar-refractivity contribution in [1.29, 1.82) is 0 Å². The van der Waals surface area contributed by atoms with Crippen LogP contribution >= 0.6 is 0 Å². The van der Waals surface area contributed by atoms with Crippen molar-refractivity contribution in [3.63, 3.8) is 0 Å². The molecule has 0 aromatic carbocycles. The van der Waals surface area contributed by atoms with Crippen LogP contribution in [0.1, 0.15) is 71.1 Å². The quantitative estimate of drug-likeness (QED) is 0.149. The molecule has 0 unspecified atom stereocenters. The van der Waals surface area contributed by atoms with E-state index in [0.717, 1.165) is 13.0 Å². The molecule has 7 nitrogen and oxygen atoms in total. The van der Waals surface area contributed by atoms with Crippen molar-refractivity contribution < 1.29 is 33.2 Å². The maximum atomic E-state index is 5.62. The fourth-order valence-corrected chi connectivity index (χ4v) is 3.04. The van der Waals surface area contributed by atoms with Gasteiger partial charge in [0.1, 0.15) is 0 Å². The van der Waals surface area contributed by atoms with Crippen LogP contribution in [0.4, 0.5) is 0 Å². The Labute approximate surface area is 197 Å². The topological polar surface area (TPSA) is 64.6 Å². The Bertz CT molecular complexity index is 289. The molecule has 0 aliphatic carbocycles. The molecule has 0 saturated heterocycles. The van der Waals surface area contributed by atoms with E-state index in [0.29, 0.717) is 79.3 Å². The summed E-state index contributed by atoms with van der Waals surface area (Å²) in [6, 6.07) is 0. The summed E-state index contributed by atoms with van der Waals surface area (Å²) in [6.07, 6.45) is 13.5. The van der Waals surface area contributed by atoms with E-state index in [-0.39, 0.29) is 0 Å². The fourth-order valence-electron chi connectivity index (χ4n) is 3.04. The van der Waals surface area contributed by atoms with E-state index < -0.39 is 0 Å². The number of rotatable bonds is 29. The van der Waals surface area contributed by atoms with Crippen LogP contribution in [-0.4, -0.2) is 93.0 Å². The zero-order chi connectivity index (χ0) is 23.2. The minimum absolute atomic E-state index is 0.564. The van der Waals surface area contributed by atoms with Gasteiger partial charge in [-0.2, -0.15) is 0 Å². The summed E-state index contributed by atoms with van der Waals surface area (Å²) in [5.41, 5.74) is 0. The van der Waals surface area contributed by atoms with Crippen molar-refractivity contribution >= 4 is 0 Å². The Kier molecular flexibility index (Phi) is 30.5. The third-order valence-corrected chi connectivity index (χ3v) is 4.93. The lowest BCUT2D eigenvalue weighted by Gasteiger charge is -2.08. The summed E-state index contributed by atoms with van der Waals surface area (Å²) < 4.78 is 37.6. The zero-order valence-electron chi connectivity index (χ0n) is 21.1. The largest absolute Gasteiger partial charge is 0.382 e. The minimum atomic E-state index is 0.564. The highest BCUT2D eigenvalue weighted by atomic mass is 16.6. The lowest BCUT2D eigenvalue weighted by Crippen LogP contribution is -2.14. The molecule has 194 valence electrons. The third-order valence-electron chi connectivity index (χ3n) is 4.93. The number of hydrogen-bond donors (Lipinski definition) is 0. The molecule has 0 amide bonds. The number of methoxy groups -OCH3 is 1. The summed E-state index contributed by atoms with van der Waals surface area (Å²) in [7, 11) is 1.66. The van der Waals surface area contributed by atoms with E-state index in [9.17, 15) is 0 Å². The first-order valence-electron chi connectivity index (χ1n) is 12.9. The molecule has 0 aromatic rings. The van der Waals surface area contributed by atoms with E-state index in [4.69, 9.17) is 33.2 Å². The van der Waals surface area contributed by atoms with E-state index in [1.165, 1.54) is 57.8 Å². The van der Waals surface area contributed by atoms with Crippen LogP contribution in [0.5, 0.6) is 0 Å². The molecule has 0 atom stereocenters. The molecule has 0 aromatic heterocycles. The molecule has 7 heteroatoms. The average Bonchev–Trinajstić information content (AvgIpc) is 2.81. The van der Waals surface area contributed by atoms with E-state index in [1.54, 1.807) is 7.11 Å². The smallest absolute Gasteiger partial charge is 0.0701 e. The first-order valence-corrected chi connectivity index (χ1v) is 12.9. The number of hydrogen-bond acceptors (Lipinski definition) is 7. The molecule has 0 radical (unpaired) electrons. The molecule has 0 saturated carbocycles. The first kappa shape index (κ1) is 31.7. The Morgan fingerprint density at radius 1 is 0.312 bits per heavy atom. The average molecular weight is 465 g/mol. The predicted molar refractivity (Wildman–Crippen MR) is 129 cm³/mol. The van der Waals surface area contributed by atoms with Gasteiger partial charge in [0.15, 0.2) is 0 Å². The molecular formula is C25H52O7. The van der Waals surface area contributed by atoms with Gasteiger partial charge in [-0.15, -0.1) is 0 Å². The highest BCUT2D eigenvalue weighted by molar-refractivity contribution is 4.47. The van der Waals surface area contributed by atoms with Crippen molar-refractivity contribution in [3.8, 4) is 0 Å². The summed E-state index contributed by atoms with van der Waals surface area (Å²) in [6.45, 7) is 10.2. The van der Waals surface area contributed by atoms with E-state index in [2.05, 4.69) is 6.92 Å². The van der Waals surface area contributed by atoms with Crippen LogP contribution in [0.25, 0.3) is 0 Å². The second-order valence-electron chi connectivity index (χ2n) is 7.85. The van der Waals surface area contributed by atoms with Crippen molar-refractivity contribution in [2.24, 2.45) is 0 Å². The maximum absolute atomic E-state index is 5.62. The predicted octanol–water partition coefficient (Wildman–Crippen LogP) is 4.65. The van der Waals surface area contributed by atoms with Gasteiger partial charge in [0, 0.05) is 13.7 Å². The van der Waals surface area contributed by atoms with Crippen LogP contribution in [0, 0.1) is 0 Å². The van der Waals surface area contributed by atoms with Gasteiger partial charge in [-0.25, -0.2) is 0 Å². The van der Waals surface area contributed by atoms with Crippen molar-refractivity contribution in [2.75, 3.05) is 93.0 Å². The Morgan fingerprint density at radius 3 is 0.938 bits per heavy atom. The van der Waals surface area contributed by atoms with Crippen LogP contribution in [0.3, 0.4) is 0 Å². The Balaban J connectivity index is 2.98. The zero-order valence-corrected chi connectivity index (χ0v) is 21.1. The molecule has 0 aliphatic heterocycles. The highest BCUT2D eigenvalue weighted by Crippen LogP contribution is 2.10. The van der Waals surface area contributed by atoms with Gasteiger partial charge in [0.25, 0.3) is 0 Å². The molecule has 0 bridgehead atoms. The monoisotopic (exact) mass is 464 g/mol. The van der Waals surface area contributed by atoms with Gasteiger partial charge < -0.3 is 33.2 Å². The number of ether oxygens (including phenoxy) is 7. The third kappa shape index (κ3) is 29.7. The Morgan fingerprint density at radius 2 is 0.594 bits per heavy atom. The van der Waals surface area contributed by atoms with Crippen molar-refractivity contribution in [2.45, 2.75) is 71.1 Å². The van der Waals surface area contributed by atoms with Crippen LogP contribution < -0.4 is 0 Å². The van der Waals surface area contributed by atoms with Gasteiger partial charge in [-0.05, 0) is 6.42 Å².